The standard InChI is InChI=1S/C40H47NO3/c1-11-44-37(42)19-18-31-20-32(38-27(6)12-14-29(25(2)3)22-35(31)38)16-17-33-21-34(24-41(43)40(8,9)10)36-23-30(26(4)5)15-13-28(7)39(33)36/h12-26H,11H2,1-10H3/b17-16+,19-18+,41-24-. The minimum Gasteiger partial charge on any atom is -0.623 e. The van der Waals surface area contributed by atoms with Gasteiger partial charge in [-0.3, -0.25) is 0 Å². The number of rotatable bonds is 8. The van der Waals surface area contributed by atoms with E-state index in [2.05, 4.69) is 102 Å². The fourth-order valence-electron chi connectivity index (χ4n) is 5.54. The van der Waals surface area contributed by atoms with E-state index in [1.54, 1.807) is 6.21 Å². The van der Waals surface area contributed by atoms with E-state index in [1.165, 1.54) is 22.8 Å². The number of carbonyl (C=O) groups is 1. The van der Waals surface area contributed by atoms with Crippen molar-refractivity contribution in [1.82, 2.24) is 0 Å². The first kappa shape index (κ1) is 32.7. The highest BCUT2D eigenvalue weighted by atomic mass is 16.5. The minimum absolute atomic E-state index is 0.340. The molecule has 4 aliphatic carbocycles. The topological polar surface area (TPSA) is 52.4 Å². The quantitative estimate of drug-likeness (QED) is 0.0513. The molecule has 0 aromatic carbocycles. The average Bonchev–Trinajstić information content (AvgIpc) is 3.32. The van der Waals surface area contributed by atoms with Crippen molar-refractivity contribution in [2.75, 3.05) is 6.61 Å². The third-order valence-corrected chi connectivity index (χ3v) is 8.20. The summed E-state index contributed by atoms with van der Waals surface area (Å²) in [7, 11) is 0. The van der Waals surface area contributed by atoms with Crippen LogP contribution in [-0.4, -0.2) is 29.1 Å². The maximum Gasteiger partial charge on any atom is 0.330 e. The zero-order valence-electron chi connectivity index (χ0n) is 28.0. The van der Waals surface area contributed by atoms with Crippen molar-refractivity contribution >= 4 is 30.4 Å². The summed E-state index contributed by atoms with van der Waals surface area (Å²) < 4.78 is 6.21. The summed E-state index contributed by atoms with van der Waals surface area (Å²) in [4.78, 5) is 12.2. The minimum atomic E-state index is -0.546. The number of nitrogens with zero attached hydrogens (tertiary/aromatic N) is 1. The molecule has 0 heterocycles. The van der Waals surface area contributed by atoms with E-state index in [0.717, 1.165) is 54.8 Å². The first-order valence-corrected chi connectivity index (χ1v) is 15.7. The van der Waals surface area contributed by atoms with E-state index >= 15 is 0 Å². The second-order valence-electron chi connectivity index (χ2n) is 13.4. The molecule has 0 N–H and O–H groups in total. The van der Waals surface area contributed by atoms with Crippen LogP contribution in [0, 0.1) is 19.1 Å². The molecule has 4 heteroatoms. The number of carbonyl (C=O) groups excluding carboxylic acids is 1. The molecule has 230 valence electrons. The van der Waals surface area contributed by atoms with Gasteiger partial charge in [-0.1, -0.05) is 76.2 Å². The Morgan fingerprint density at radius 3 is 1.70 bits per heavy atom. The molecule has 0 radical (unpaired) electrons. The Morgan fingerprint density at radius 1 is 0.773 bits per heavy atom. The molecule has 44 heavy (non-hydrogen) atoms. The SMILES string of the molecule is CCOC(=O)/C=C/c1cc(/C=C/c2cc(/C=[N+](\[O-])C(C)(C)C)c3cc(C(C)C)ccc(C)c2-3)c2c(C)ccc(C(C)C)cc1-2. The van der Waals surface area contributed by atoms with Gasteiger partial charge in [-0.15, -0.1) is 0 Å². The molecule has 0 aliphatic heterocycles. The van der Waals surface area contributed by atoms with Crippen LogP contribution in [0.4, 0.5) is 0 Å². The molecule has 0 saturated heterocycles. The van der Waals surface area contributed by atoms with Gasteiger partial charge in [-0.2, -0.15) is 0 Å². The molecule has 0 amide bonds. The van der Waals surface area contributed by atoms with Crippen LogP contribution in [-0.2, 0) is 9.53 Å². The second-order valence-corrected chi connectivity index (χ2v) is 13.4. The number of ether oxygens (including phenoxy) is 1. The summed E-state index contributed by atoms with van der Waals surface area (Å²) >= 11 is 0. The zero-order valence-corrected chi connectivity index (χ0v) is 28.0. The molecule has 0 aromatic heterocycles. The van der Waals surface area contributed by atoms with E-state index in [9.17, 15) is 10.0 Å². The Labute approximate surface area is 264 Å². The molecular weight excluding hydrogens is 542 g/mol. The van der Waals surface area contributed by atoms with E-state index in [0.29, 0.717) is 18.4 Å². The fraction of sp³-hybridized carbons (Fsp3) is 0.350. The molecule has 0 saturated carbocycles. The highest BCUT2D eigenvalue weighted by Gasteiger charge is 2.23. The summed E-state index contributed by atoms with van der Waals surface area (Å²) in [5.74, 6) is 0.368. The van der Waals surface area contributed by atoms with Crippen LogP contribution >= 0.6 is 0 Å². The predicted molar refractivity (Wildman–Crippen MR) is 187 cm³/mol. The number of aryl methyl sites for hydroxylation is 2. The number of hydroxylamine groups is 1. The van der Waals surface area contributed by atoms with Crippen molar-refractivity contribution in [1.29, 1.82) is 0 Å². The van der Waals surface area contributed by atoms with Gasteiger partial charge < -0.3 is 9.94 Å². The van der Waals surface area contributed by atoms with Crippen LogP contribution < -0.4 is 0 Å². The van der Waals surface area contributed by atoms with Crippen LogP contribution in [0.5, 0.6) is 0 Å². The summed E-state index contributed by atoms with van der Waals surface area (Å²) in [5, 5.41) is 13.1. The first-order chi connectivity index (χ1) is 20.7. The molecule has 0 fully saturated rings. The maximum absolute atomic E-state index is 13.1. The number of hydrogen-bond donors (Lipinski definition) is 0. The van der Waals surface area contributed by atoms with Crippen LogP contribution in [0.3, 0.4) is 0 Å². The lowest BCUT2D eigenvalue weighted by Gasteiger charge is -2.18. The summed E-state index contributed by atoms with van der Waals surface area (Å²) in [6.45, 7) is 21.0. The van der Waals surface area contributed by atoms with Crippen LogP contribution in [0.2, 0.25) is 0 Å². The third-order valence-electron chi connectivity index (χ3n) is 8.20. The van der Waals surface area contributed by atoms with Crippen molar-refractivity contribution < 1.29 is 14.3 Å². The van der Waals surface area contributed by atoms with Gasteiger partial charge in [0.05, 0.1) is 6.61 Å². The lowest BCUT2D eigenvalue weighted by atomic mass is 9.99. The van der Waals surface area contributed by atoms with Gasteiger partial charge >= 0.3 is 5.97 Å². The van der Waals surface area contributed by atoms with Gasteiger partial charge in [0.15, 0.2) is 11.8 Å². The van der Waals surface area contributed by atoms with Gasteiger partial charge in [0.2, 0.25) is 0 Å². The van der Waals surface area contributed by atoms with Gasteiger partial charge in [0.25, 0.3) is 0 Å². The number of esters is 1. The van der Waals surface area contributed by atoms with E-state index in [-0.39, 0.29) is 5.97 Å². The van der Waals surface area contributed by atoms with Crippen LogP contribution in [0.15, 0.2) is 54.6 Å². The molecule has 4 nitrogen and oxygen atoms in total. The Bertz CT molecular complexity index is 1690. The molecule has 0 aromatic rings. The molecular formula is C40H47NO3. The molecule has 0 atom stereocenters. The van der Waals surface area contributed by atoms with Gasteiger partial charge in [-0.25, -0.2) is 9.53 Å². The monoisotopic (exact) mass is 589 g/mol. The lowest BCUT2D eigenvalue weighted by molar-refractivity contribution is -0.530. The highest BCUT2D eigenvalue weighted by Crippen LogP contribution is 2.40. The van der Waals surface area contributed by atoms with Crippen molar-refractivity contribution in [2.24, 2.45) is 0 Å². The van der Waals surface area contributed by atoms with Crippen molar-refractivity contribution in [3.63, 3.8) is 0 Å². The Morgan fingerprint density at radius 2 is 1.25 bits per heavy atom. The normalized spacial score (nSPS) is 13.0. The smallest absolute Gasteiger partial charge is 0.330 e. The fourth-order valence-corrected chi connectivity index (χ4v) is 5.54. The van der Waals surface area contributed by atoms with Crippen LogP contribution in [0.1, 0.15) is 112 Å². The van der Waals surface area contributed by atoms with Gasteiger partial charge in [-0.05, 0) is 112 Å². The third kappa shape index (κ3) is 7.13. The van der Waals surface area contributed by atoms with Gasteiger partial charge in [0, 0.05) is 32.4 Å². The van der Waals surface area contributed by atoms with Crippen molar-refractivity contribution in [3.05, 3.63) is 104 Å². The van der Waals surface area contributed by atoms with E-state index < -0.39 is 5.54 Å². The lowest BCUT2D eigenvalue weighted by Crippen LogP contribution is -2.29. The average molecular weight is 590 g/mol. The van der Waals surface area contributed by atoms with Crippen LogP contribution in [0.25, 0.3) is 40.5 Å². The Kier molecular flexibility index (Phi) is 9.83. The summed E-state index contributed by atoms with van der Waals surface area (Å²) in [6.07, 6.45) is 9.43. The highest BCUT2D eigenvalue weighted by molar-refractivity contribution is 5.99. The maximum atomic E-state index is 13.1. The largest absolute Gasteiger partial charge is 0.623 e. The van der Waals surface area contributed by atoms with Crippen molar-refractivity contribution in [3.8, 4) is 22.3 Å². The van der Waals surface area contributed by atoms with Crippen molar-refractivity contribution in [2.45, 2.75) is 86.6 Å². The van der Waals surface area contributed by atoms with E-state index in [4.69, 9.17) is 4.74 Å². The van der Waals surface area contributed by atoms with Gasteiger partial charge in [0.1, 0.15) is 0 Å². The molecule has 0 spiro atoms. The van der Waals surface area contributed by atoms with E-state index in [1.807, 2.05) is 33.8 Å². The first-order valence-electron chi connectivity index (χ1n) is 15.7. The number of hydrogen-bond acceptors (Lipinski definition) is 3. The molecule has 4 rings (SSSR count). The second kappa shape index (κ2) is 13.2. The molecule has 4 aliphatic rings. The zero-order chi connectivity index (χ0) is 32.3. The Hall–Kier alpha value is -4.18. The summed E-state index contributed by atoms with van der Waals surface area (Å²) in [5.41, 5.74) is 12.8. The predicted octanol–water partition coefficient (Wildman–Crippen LogP) is 10.2. The summed E-state index contributed by atoms with van der Waals surface area (Å²) in [6, 6.07) is 17.5. The Balaban J connectivity index is 1.93. The molecule has 0 bridgehead atoms. The molecule has 0 unspecified atom stereocenters. The number of fused-ring (bicyclic) bond motifs is 2.